The molecule has 1 aliphatic carbocycles. The molecule has 2 aromatic rings. The lowest BCUT2D eigenvalue weighted by Crippen LogP contribution is -2.47. The van der Waals surface area contributed by atoms with E-state index in [0.717, 1.165) is 24.1 Å². The lowest BCUT2D eigenvalue weighted by atomic mass is 9.80. The molecule has 0 unspecified atom stereocenters. The van der Waals surface area contributed by atoms with Crippen molar-refractivity contribution in [2.24, 2.45) is 7.05 Å². The minimum absolute atomic E-state index is 0.179. The van der Waals surface area contributed by atoms with Crippen molar-refractivity contribution in [3.05, 3.63) is 29.3 Å². The molecule has 3 rings (SSSR count). The van der Waals surface area contributed by atoms with Crippen molar-refractivity contribution in [1.82, 2.24) is 15.1 Å². The van der Waals surface area contributed by atoms with Gasteiger partial charge in [-0.15, -0.1) is 11.3 Å². The zero-order chi connectivity index (χ0) is 14.2. The van der Waals surface area contributed by atoms with Crippen LogP contribution in [0.5, 0.6) is 0 Å². The normalized spacial score (nSPS) is 16.7. The summed E-state index contributed by atoms with van der Waals surface area (Å²) >= 11 is 1.56. The lowest BCUT2D eigenvalue weighted by Gasteiger charge is -2.36. The van der Waals surface area contributed by atoms with Gasteiger partial charge in [0.15, 0.2) is 0 Å². The largest absolute Gasteiger partial charge is 0.388 e. The van der Waals surface area contributed by atoms with Gasteiger partial charge in [-0.05, 0) is 30.7 Å². The van der Waals surface area contributed by atoms with Crippen LogP contribution < -0.4 is 5.32 Å². The van der Waals surface area contributed by atoms with E-state index >= 15 is 0 Å². The van der Waals surface area contributed by atoms with Gasteiger partial charge < -0.3 is 10.4 Å². The van der Waals surface area contributed by atoms with E-state index in [-0.39, 0.29) is 5.91 Å². The van der Waals surface area contributed by atoms with Gasteiger partial charge >= 0.3 is 0 Å². The third-order valence-corrected chi connectivity index (χ3v) is 4.57. The van der Waals surface area contributed by atoms with E-state index in [1.807, 2.05) is 17.5 Å². The third-order valence-electron chi connectivity index (χ3n) is 3.69. The maximum Gasteiger partial charge on any atom is 0.255 e. The van der Waals surface area contributed by atoms with Gasteiger partial charge in [0, 0.05) is 19.8 Å². The zero-order valence-corrected chi connectivity index (χ0v) is 12.1. The van der Waals surface area contributed by atoms with E-state index in [1.165, 1.54) is 0 Å². The lowest BCUT2D eigenvalue weighted by molar-refractivity contribution is -0.0300. The maximum atomic E-state index is 12.3. The number of aryl methyl sites for hydroxylation is 1. The van der Waals surface area contributed by atoms with Crippen molar-refractivity contribution in [1.29, 1.82) is 0 Å². The van der Waals surface area contributed by atoms with Gasteiger partial charge in [-0.1, -0.05) is 6.07 Å². The van der Waals surface area contributed by atoms with Crippen LogP contribution in [0, 0.1) is 0 Å². The molecule has 106 valence electrons. The highest BCUT2D eigenvalue weighted by atomic mass is 32.1. The summed E-state index contributed by atoms with van der Waals surface area (Å²) in [5.41, 5.74) is 0.541. The Hall–Kier alpha value is -1.66. The standard InChI is InChI=1S/C14H17N3O2S/c1-17-8-10(12(16-17)11-4-2-7-20-11)13(18)15-9-14(19)5-3-6-14/h2,4,7-8,19H,3,5-6,9H2,1H3,(H,15,18). The van der Waals surface area contributed by atoms with Crippen LogP contribution in [0.2, 0.25) is 0 Å². The number of carbonyl (C=O) groups excluding carboxylic acids is 1. The Balaban J connectivity index is 1.77. The number of aliphatic hydroxyl groups is 1. The molecule has 2 N–H and O–H groups in total. The summed E-state index contributed by atoms with van der Waals surface area (Å²) in [5.74, 6) is -0.179. The Morgan fingerprint density at radius 2 is 2.40 bits per heavy atom. The summed E-state index contributed by atoms with van der Waals surface area (Å²) in [4.78, 5) is 13.3. The van der Waals surface area contributed by atoms with Crippen molar-refractivity contribution in [3.63, 3.8) is 0 Å². The second-order valence-corrected chi connectivity index (χ2v) is 6.25. The molecule has 0 radical (unpaired) electrons. The Morgan fingerprint density at radius 1 is 1.60 bits per heavy atom. The number of carbonyl (C=O) groups is 1. The predicted molar refractivity (Wildman–Crippen MR) is 77.7 cm³/mol. The fourth-order valence-corrected chi connectivity index (χ4v) is 3.07. The number of amides is 1. The molecule has 1 aliphatic rings. The van der Waals surface area contributed by atoms with Crippen molar-refractivity contribution >= 4 is 17.2 Å². The number of rotatable bonds is 4. The highest BCUT2D eigenvalue weighted by Crippen LogP contribution is 2.31. The second kappa shape index (κ2) is 5.03. The molecule has 0 aromatic carbocycles. The van der Waals surface area contributed by atoms with Crippen molar-refractivity contribution in [3.8, 4) is 10.6 Å². The van der Waals surface area contributed by atoms with Crippen LogP contribution >= 0.6 is 11.3 Å². The van der Waals surface area contributed by atoms with Gasteiger partial charge in [-0.25, -0.2) is 0 Å². The average molecular weight is 291 g/mol. The Morgan fingerprint density at radius 3 is 3.00 bits per heavy atom. The number of nitrogens with zero attached hydrogens (tertiary/aromatic N) is 2. The molecule has 1 fully saturated rings. The summed E-state index contributed by atoms with van der Waals surface area (Å²) in [6.45, 7) is 0.310. The minimum atomic E-state index is -0.707. The summed E-state index contributed by atoms with van der Waals surface area (Å²) in [7, 11) is 1.80. The molecule has 2 heterocycles. The van der Waals surface area contributed by atoms with E-state index in [2.05, 4.69) is 10.4 Å². The van der Waals surface area contributed by atoms with Gasteiger partial charge in [0.25, 0.3) is 5.91 Å². The average Bonchev–Trinajstić information content (AvgIpc) is 3.02. The van der Waals surface area contributed by atoms with Gasteiger partial charge in [0.2, 0.25) is 0 Å². The predicted octanol–water partition coefficient (Wildman–Crippen LogP) is 1.79. The molecule has 5 nitrogen and oxygen atoms in total. The zero-order valence-electron chi connectivity index (χ0n) is 11.3. The van der Waals surface area contributed by atoms with Crippen LogP contribution in [-0.2, 0) is 7.05 Å². The van der Waals surface area contributed by atoms with Crippen LogP contribution in [0.3, 0.4) is 0 Å². The Labute approximate surface area is 121 Å². The fraction of sp³-hybridized carbons (Fsp3) is 0.429. The molecule has 0 bridgehead atoms. The van der Waals surface area contributed by atoms with Gasteiger partial charge in [0.05, 0.1) is 16.0 Å². The van der Waals surface area contributed by atoms with Crippen molar-refractivity contribution in [2.45, 2.75) is 24.9 Å². The van der Waals surface area contributed by atoms with Crippen LogP contribution in [0.1, 0.15) is 29.6 Å². The summed E-state index contributed by atoms with van der Waals surface area (Å²) in [6, 6.07) is 3.89. The molecular formula is C14H17N3O2S. The molecule has 0 saturated heterocycles. The molecule has 6 heteroatoms. The smallest absolute Gasteiger partial charge is 0.255 e. The molecule has 2 aromatic heterocycles. The third kappa shape index (κ3) is 2.48. The van der Waals surface area contributed by atoms with E-state index in [0.29, 0.717) is 17.8 Å². The summed E-state index contributed by atoms with van der Waals surface area (Å²) in [5, 5.41) is 19.2. The first-order chi connectivity index (χ1) is 9.57. The first kappa shape index (κ1) is 13.3. The quantitative estimate of drug-likeness (QED) is 0.902. The Kier molecular flexibility index (Phi) is 3.35. The van der Waals surface area contributed by atoms with Crippen molar-refractivity contribution in [2.75, 3.05) is 6.54 Å². The Bertz CT molecular complexity index is 614. The van der Waals surface area contributed by atoms with Gasteiger partial charge in [-0.2, -0.15) is 5.10 Å². The number of hydrogen-bond donors (Lipinski definition) is 2. The van der Waals surface area contributed by atoms with E-state index < -0.39 is 5.60 Å². The van der Waals surface area contributed by atoms with Crippen molar-refractivity contribution < 1.29 is 9.90 Å². The van der Waals surface area contributed by atoms with Crippen LogP contribution in [0.25, 0.3) is 10.6 Å². The molecule has 0 spiro atoms. The molecule has 1 amide bonds. The number of aromatic nitrogens is 2. The second-order valence-electron chi connectivity index (χ2n) is 5.30. The minimum Gasteiger partial charge on any atom is -0.388 e. The SMILES string of the molecule is Cn1cc(C(=O)NCC2(O)CCC2)c(-c2cccs2)n1. The van der Waals surface area contributed by atoms with Crippen LogP contribution in [0.4, 0.5) is 0 Å². The fourth-order valence-electron chi connectivity index (χ4n) is 2.35. The van der Waals surface area contributed by atoms with E-state index in [1.54, 1.807) is 29.3 Å². The first-order valence-corrected chi connectivity index (χ1v) is 7.53. The number of hydrogen-bond acceptors (Lipinski definition) is 4. The molecule has 20 heavy (non-hydrogen) atoms. The van der Waals surface area contributed by atoms with E-state index in [9.17, 15) is 9.90 Å². The van der Waals surface area contributed by atoms with Crippen LogP contribution in [0.15, 0.2) is 23.7 Å². The topological polar surface area (TPSA) is 67.2 Å². The molecule has 0 atom stereocenters. The summed E-state index contributed by atoms with van der Waals surface area (Å²) < 4.78 is 1.64. The monoisotopic (exact) mass is 291 g/mol. The highest BCUT2D eigenvalue weighted by molar-refractivity contribution is 7.13. The first-order valence-electron chi connectivity index (χ1n) is 6.65. The summed E-state index contributed by atoms with van der Waals surface area (Å²) in [6.07, 6.45) is 4.27. The molecule has 1 saturated carbocycles. The van der Waals surface area contributed by atoms with Crippen LogP contribution in [-0.4, -0.2) is 32.9 Å². The molecule has 0 aliphatic heterocycles. The van der Waals surface area contributed by atoms with Gasteiger partial charge in [0.1, 0.15) is 5.69 Å². The maximum absolute atomic E-state index is 12.3. The number of nitrogens with one attached hydrogen (secondary N) is 1. The highest BCUT2D eigenvalue weighted by Gasteiger charge is 2.34. The van der Waals surface area contributed by atoms with Gasteiger partial charge in [-0.3, -0.25) is 9.48 Å². The molecular weight excluding hydrogens is 274 g/mol. The number of thiophene rings is 1. The van der Waals surface area contributed by atoms with E-state index in [4.69, 9.17) is 0 Å².